The topological polar surface area (TPSA) is 131 Å². The van der Waals surface area contributed by atoms with E-state index in [1.807, 2.05) is 30.3 Å². The van der Waals surface area contributed by atoms with E-state index < -0.39 is 20.0 Å². The van der Waals surface area contributed by atoms with Gasteiger partial charge in [-0.3, -0.25) is 8.61 Å². The summed E-state index contributed by atoms with van der Waals surface area (Å²) in [6, 6.07) is 28.0. The van der Waals surface area contributed by atoms with Gasteiger partial charge in [-0.1, -0.05) is 70.0 Å². The van der Waals surface area contributed by atoms with Crippen LogP contribution in [-0.2, 0) is 32.0 Å². The number of imidazole rings is 1. The molecule has 12 heteroatoms. The van der Waals surface area contributed by atoms with E-state index in [-0.39, 0.29) is 15.2 Å². The van der Waals surface area contributed by atoms with E-state index in [0.29, 0.717) is 23.0 Å². The maximum atomic E-state index is 13.0. The Morgan fingerprint density at radius 1 is 0.736 bits per heavy atom. The van der Waals surface area contributed by atoms with Crippen LogP contribution in [0.3, 0.4) is 0 Å². The van der Waals surface area contributed by atoms with Gasteiger partial charge in [0.1, 0.15) is 5.82 Å². The maximum Gasteiger partial charge on any atom is 0.264 e. The minimum absolute atomic E-state index is 0.0784. The van der Waals surface area contributed by atoms with E-state index in [0.717, 1.165) is 41.6 Å². The molecular weight excluding hydrogens is 705 g/mol. The number of hydrogen-bond acceptors (Lipinski definition) is 7. The molecule has 0 radical (unpaired) electrons. The fourth-order valence-corrected chi connectivity index (χ4v) is 9.06. The molecule has 2 saturated carbocycles. The Bertz CT molecular complexity index is 2240. The molecule has 7 rings (SSSR count). The Morgan fingerprint density at radius 2 is 1.25 bits per heavy atom. The first-order valence-electron chi connectivity index (χ1n) is 18.4. The van der Waals surface area contributed by atoms with Gasteiger partial charge in [-0.05, 0) is 98.2 Å². The second kappa shape index (κ2) is 15.4. The minimum atomic E-state index is -3.61. The number of nitrogens with zero attached hydrogens (tertiary/aromatic N) is 4. The Balaban J connectivity index is 0.000000185. The van der Waals surface area contributed by atoms with Crippen LogP contribution in [-0.4, -0.2) is 47.0 Å². The Kier molecular flexibility index (Phi) is 11.1. The second-order valence-electron chi connectivity index (χ2n) is 15.3. The number of nitrogens with one attached hydrogen (secondary N) is 1. The van der Waals surface area contributed by atoms with Crippen LogP contribution in [0.5, 0.6) is 0 Å². The molecule has 0 aliphatic heterocycles. The van der Waals surface area contributed by atoms with Gasteiger partial charge in [-0.2, -0.15) is 0 Å². The molecule has 5 aromatic rings. The summed E-state index contributed by atoms with van der Waals surface area (Å²) in [5.41, 5.74) is 10.5. The van der Waals surface area contributed by atoms with E-state index in [9.17, 15) is 16.8 Å². The summed E-state index contributed by atoms with van der Waals surface area (Å²) in [4.78, 5) is 5.48. The van der Waals surface area contributed by atoms with Crippen LogP contribution in [0.2, 0.25) is 0 Å². The summed E-state index contributed by atoms with van der Waals surface area (Å²) < 4.78 is 56.2. The van der Waals surface area contributed by atoms with Gasteiger partial charge in [0, 0.05) is 32.6 Å². The molecule has 0 bridgehead atoms. The first-order valence-corrected chi connectivity index (χ1v) is 21.3. The third kappa shape index (κ3) is 8.33. The SMILES string of the molecule is CN(c1ccc(NCC2CCC2)c(N)c1)S(=O)(=O)c1ccccc1.CN(c1ccc2c(c1)nc(C(C)(C)C)n2CC1CCC1)S(=O)(=O)c1ccccc1. The number of benzene rings is 4. The molecule has 282 valence electrons. The van der Waals surface area contributed by atoms with Gasteiger partial charge in [-0.15, -0.1) is 0 Å². The van der Waals surface area contributed by atoms with E-state index in [1.165, 1.54) is 47.1 Å². The molecule has 0 amide bonds. The lowest BCUT2D eigenvalue weighted by Gasteiger charge is -2.29. The molecule has 2 aliphatic rings. The number of nitrogens with two attached hydrogens (primary N) is 1. The van der Waals surface area contributed by atoms with Crippen LogP contribution in [0.25, 0.3) is 11.0 Å². The van der Waals surface area contributed by atoms with Crippen molar-refractivity contribution in [2.75, 3.05) is 40.3 Å². The van der Waals surface area contributed by atoms with Crippen molar-refractivity contribution >= 4 is 53.8 Å². The lowest BCUT2D eigenvalue weighted by molar-refractivity contribution is 0.272. The smallest absolute Gasteiger partial charge is 0.264 e. The number of sulfonamides is 2. The van der Waals surface area contributed by atoms with Crippen molar-refractivity contribution in [3.63, 3.8) is 0 Å². The monoisotopic (exact) mass is 756 g/mol. The molecule has 0 spiro atoms. The summed E-state index contributed by atoms with van der Waals surface area (Å²) in [7, 11) is -4.06. The number of aromatic nitrogens is 2. The predicted molar refractivity (Wildman–Crippen MR) is 217 cm³/mol. The molecule has 0 saturated heterocycles. The summed E-state index contributed by atoms with van der Waals surface area (Å²) >= 11 is 0. The third-order valence-electron chi connectivity index (χ3n) is 10.4. The minimum Gasteiger partial charge on any atom is -0.397 e. The molecule has 0 atom stereocenters. The molecule has 3 N–H and O–H groups in total. The quantitative estimate of drug-likeness (QED) is 0.130. The number of fused-ring (bicyclic) bond motifs is 1. The highest BCUT2D eigenvalue weighted by Gasteiger charge is 2.28. The van der Waals surface area contributed by atoms with Crippen LogP contribution >= 0.6 is 0 Å². The summed E-state index contributed by atoms with van der Waals surface area (Å²) in [6.45, 7) is 8.44. The van der Waals surface area contributed by atoms with Crippen LogP contribution < -0.4 is 19.7 Å². The zero-order chi connectivity index (χ0) is 38.0. The molecule has 2 fully saturated rings. The second-order valence-corrected chi connectivity index (χ2v) is 19.2. The molecule has 4 aromatic carbocycles. The summed E-state index contributed by atoms with van der Waals surface area (Å²) in [5.74, 6) is 2.50. The molecule has 1 aromatic heterocycles. The molecule has 0 unspecified atom stereocenters. The molecule has 53 heavy (non-hydrogen) atoms. The van der Waals surface area contributed by atoms with Crippen LogP contribution in [0.4, 0.5) is 22.7 Å². The van der Waals surface area contributed by atoms with Crippen LogP contribution in [0.1, 0.15) is 65.1 Å². The van der Waals surface area contributed by atoms with Crippen molar-refractivity contribution < 1.29 is 16.8 Å². The largest absolute Gasteiger partial charge is 0.397 e. The van der Waals surface area contributed by atoms with Crippen LogP contribution in [0.15, 0.2) is 107 Å². The fraction of sp³-hybridized carbons (Fsp3) is 0.390. The van der Waals surface area contributed by atoms with E-state index in [1.54, 1.807) is 80.8 Å². The van der Waals surface area contributed by atoms with E-state index in [4.69, 9.17) is 10.7 Å². The zero-order valence-corrected chi connectivity index (χ0v) is 33.0. The average Bonchev–Trinajstić information content (AvgIpc) is 3.48. The first kappa shape index (κ1) is 38.2. The Hall–Kier alpha value is -4.55. The standard InChI is InChI=1S/C23H29N3O2S.C18H23N3O2S/c1-23(2,3)22-24-20-15-18(13-14-21(20)26(22)16-17-9-8-10-17)25(4)29(27,28)19-11-6-5-7-12-19;1-21(24(22,23)16-8-3-2-4-9-16)15-10-11-18(17(19)12-15)20-13-14-6-5-7-14/h5-7,11-15,17H,8-10,16H2,1-4H3;2-4,8-12,14,20H,5-7,13,19H2,1H3. The molecule has 2 aliphatic carbocycles. The zero-order valence-electron chi connectivity index (χ0n) is 31.4. The van der Waals surface area contributed by atoms with Gasteiger partial charge in [0.25, 0.3) is 20.0 Å². The van der Waals surface area contributed by atoms with Gasteiger partial charge >= 0.3 is 0 Å². The number of anilines is 4. The van der Waals surface area contributed by atoms with E-state index >= 15 is 0 Å². The Morgan fingerprint density at radius 3 is 1.72 bits per heavy atom. The third-order valence-corrected chi connectivity index (χ3v) is 14.0. The highest BCUT2D eigenvalue weighted by atomic mass is 32.2. The van der Waals surface area contributed by atoms with Gasteiger partial charge in [0.15, 0.2) is 0 Å². The fourth-order valence-electron chi connectivity index (χ4n) is 6.64. The van der Waals surface area contributed by atoms with Crippen LogP contribution in [0, 0.1) is 11.8 Å². The van der Waals surface area contributed by atoms with Crippen molar-refractivity contribution in [2.24, 2.45) is 11.8 Å². The molecular formula is C41H52N6O4S2. The normalized spacial score (nSPS) is 15.2. The number of hydrogen-bond donors (Lipinski definition) is 2. The average molecular weight is 757 g/mol. The van der Waals surface area contributed by atoms with Crippen molar-refractivity contribution in [1.29, 1.82) is 0 Å². The first-order chi connectivity index (χ1) is 25.2. The highest BCUT2D eigenvalue weighted by Crippen LogP contribution is 2.35. The number of rotatable bonds is 11. The Labute approximate surface area is 315 Å². The predicted octanol–water partition coefficient (Wildman–Crippen LogP) is 8.26. The van der Waals surface area contributed by atoms with Crippen molar-refractivity contribution in [3.05, 3.63) is 103 Å². The lowest BCUT2D eigenvalue weighted by atomic mass is 9.85. The summed E-state index contributed by atoms with van der Waals surface area (Å²) in [5, 5.41) is 3.36. The lowest BCUT2D eigenvalue weighted by Crippen LogP contribution is -2.26. The van der Waals surface area contributed by atoms with Gasteiger partial charge in [0.2, 0.25) is 0 Å². The van der Waals surface area contributed by atoms with Gasteiger partial charge in [0.05, 0.1) is 43.6 Å². The summed E-state index contributed by atoms with van der Waals surface area (Å²) in [6.07, 6.45) is 7.71. The van der Waals surface area contributed by atoms with Crippen molar-refractivity contribution in [3.8, 4) is 0 Å². The maximum absolute atomic E-state index is 13.0. The number of nitrogen functional groups attached to an aromatic ring is 1. The highest BCUT2D eigenvalue weighted by molar-refractivity contribution is 7.93. The van der Waals surface area contributed by atoms with Gasteiger partial charge in [-0.25, -0.2) is 21.8 Å². The molecule has 10 nitrogen and oxygen atoms in total. The van der Waals surface area contributed by atoms with Crippen molar-refractivity contribution in [2.45, 2.75) is 81.0 Å². The van der Waals surface area contributed by atoms with Crippen molar-refractivity contribution in [1.82, 2.24) is 9.55 Å². The van der Waals surface area contributed by atoms with E-state index in [2.05, 4.69) is 30.7 Å². The van der Waals surface area contributed by atoms with Gasteiger partial charge < -0.3 is 15.6 Å². The molecule has 1 heterocycles.